The SMILES string of the molecule is CC/C=C/C/C=C/C/C=C/CCCCCCCC(=O)OC[C@H](CO[C@@H]1O[C@H](CO)[C@H](O)C(O)C1O)OC(=O)CCC/C=C/C/C=C/CCCCCCCCCCC. The first-order valence-electron chi connectivity index (χ1n) is 22.4. The Kier molecular flexibility index (Phi) is 34.6. The van der Waals surface area contributed by atoms with Crippen LogP contribution in [0, 0.1) is 0 Å². The molecule has 57 heavy (non-hydrogen) atoms. The Hall–Kier alpha value is -2.60. The van der Waals surface area contributed by atoms with E-state index in [1.165, 1.54) is 57.8 Å². The fourth-order valence-electron chi connectivity index (χ4n) is 6.36. The first-order valence-corrected chi connectivity index (χ1v) is 22.4. The normalized spacial score (nSPS) is 20.8. The fraction of sp³-hybridized carbons (Fsp3) is 0.745. The summed E-state index contributed by atoms with van der Waals surface area (Å²) in [6, 6.07) is 0. The van der Waals surface area contributed by atoms with Crippen molar-refractivity contribution in [2.24, 2.45) is 0 Å². The highest BCUT2D eigenvalue weighted by Gasteiger charge is 2.44. The molecule has 0 aromatic rings. The van der Waals surface area contributed by atoms with Crippen LogP contribution in [0.2, 0.25) is 0 Å². The van der Waals surface area contributed by atoms with Gasteiger partial charge in [0.15, 0.2) is 12.4 Å². The Bertz CT molecular complexity index is 1110. The molecule has 328 valence electrons. The molecule has 0 spiro atoms. The number of hydrogen-bond acceptors (Lipinski definition) is 10. The van der Waals surface area contributed by atoms with Crippen molar-refractivity contribution in [2.75, 3.05) is 19.8 Å². The maximum absolute atomic E-state index is 12.7. The van der Waals surface area contributed by atoms with Crippen molar-refractivity contribution in [2.45, 2.75) is 205 Å². The highest BCUT2D eigenvalue weighted by atomic mass is 16.7. The maximum atomic E-state index is 12.7. The van der Waals surface area contributed by atoms with Crippen LogP contribution in [0.15, 0.2) is 60.8 Å². The van der Waals surface area contributed by atoms with Gasteiger partial charge in [-0.2, -0.15) is 0 Å². The third-order valence-corrected chi connectivity index (χ3v) is 9.89. The highest BCUT2D eigenvalue weighted by Crippen LogP contribution is 2.22. The summed E-state index contributed by atoms with van der Waals surface area (Å²) in [7, 11) is 0. The van der Waals surface area contributed by atoms with Crippen molar-refractivity contribution < 1.29 is 49.0 Å². The van der Waals surface area contributed by atoms with Crippen molar-refractivity contribution in [1.82, 2.24) is 0 Å². The summed E-state index contributed by atoms with van der Waals surface area (Å²) < 4.78 is 22.1. The predicted octanol–water partition coefficient (Wildman–Crippen LogP) is 9.44. The zero-order valence-electron chi connectivity index (χ0n) is 35.6. The number of carbonyl (C=O) groups is 2. The molecule has 0 saturated carbocycles. The molecular formula is C47H80O10. The molecular weight excluding hydrogens is 725 g/mol. The predicted molar refractivity (Wildman–Crippen MR) is 228 cm³/mol. The van der Waals surface area contributed by atoms with Gasteiger partial charge in [0.2, 0.25) is 0 Å². The highest BCUT2D eigenvalue weighted by molar-refractivity contribution is 5.70. The number of carbonyl (C=O) groups excluding carboxylic acids is 2. The molecule has 1 aliphatic rings. The average molecular weight is 805 g/mol. The maximum Gasteiger partial charge on any atom is 0.306 e. The monoisotopic (exact) mass is 805 g/mol. The molecule has 1 heterocycles. The molecule has 0 amide bonds. The molecule has 1 aliphatic heterocycles. The van der Waals surface area contributed by atoms with E-state index in [1.54, 1.807) is 0 Å². The summed E-state index contributed by atoms with van der Waals surface area (Å²) in [5, 5.41) is 40.0. The largest absolute Gasteiger partial charge is 0.462 e. The van der Waals surface area contributed by atoms with Crippen LogP contribution in [0.5, 0.6) is 0 Å². The van der Waals surface area contributed by atoms with E-state index in [-0.39, 0.29) is 26.1 Å². The number of unbranched alkanes of at least 4 members (excludes halogenated alkanes) is 15. The lowest BCUT2D eigenvalue weighted by molar-refractivity contribution is -0.305. The Morgan fingerprint density at radius 1 is 0.561 bits per heavy atom. The van der Waals surface area contributed by atoms with E-state index < -0.39 is 55.4 Å². The minimum absolute atomic E-state index is 0.160. The molecule has 2 unspecified atom stereocenters. The number of aliphatic hydroxyl groups excluding tert-OH is 4. The zero-order chi connectivity index (χ0) is 41.6. The Morgan fingerprint density at radius 2 is 1.05 bits per heavy atom. The summed E-state index contributed by atoms with van der Waals surface area (Å²) in [6.07, 6.45) is 38.1. The van der Waals surface area contributed by atoms with Crippen LogP contribution in [0.3, 0.4) is 0 Å². The first-order chi connectivity index (χ1) is 27.8. The molecule has 6 atom stereocenters. The van der Waals surface area contributed by atoms with Crippen LogP contribution in [-0.4, -0.2) is 89.0 Å². The van der Waals surface area contributed by atoms with Crippen molar-refractivity contribution in [3.05, 3.63) is 60.8 Å². The van der Waals surface area contributed by atoms with Gasteiger partial charge in [-0.3, -0.25) is 9.59 Å². The van der Waals surface area contributed by atoms with Crippen LogP contribution >= 0.6 is 0 Å². The average Bonchev–Trinajstić information content (AvgIpc) is 3.21. The van der Waals surface area contributed by atoms with Crippen molar-refractivity contribution >= 4 is 11.9 Å². The second-order valence-electron chi connectivity index (χ2n) is 15.1. The topological polar surface area (TPSA) is 152 Å². The lowest BCUT2D eigenvalue weighted by Gasteiger charge is -2.39. The molecule has 10 nitrogen and oxygen atoms in total. The lowest BCUT2D eigenvalue weighted by Crippen LogP contribution is -2.59. The zero-order valence-corrected chi connectivity index (χ0v) is 35.6. The summed E-state index contributed by atoms with van der Waals surface area (Å²) in [5.41, 5.74) is 0. The molecule has 0 bridgehead atoms. The molecule has 1 fully saturated rings. The Morgan fingerprint density at radius 3 is 1.61 bits per heavy atom. The van der Waals surface area contributed by atoms with Crippen LogP contribution in [0.1, 0.15) is 168 Å². The molecule has 1 saturated heterocycles. The molecule has 0 aliphatic carbocycles. The van der Waals surface area contributed by atoms with Crippen LogP contribution < -0.4 is 0 Å². The van der Waals surface area contributed by atoms with Gasteiger partial charge < -0.3 is 39.4 Å². The number of allylic oxidation sites excluding steroid dienone is 10. The van der Waals surface area contributed by atoms with Gasteiger partial charge >= 0.3 is 11.9 Å². The van der Waals surface area contributed by atoms with Crippen LogP contribution in [-0.2, 0) is 28.5 Å². The second kappa shape index (κ2) is 37.7. The minimum Gasteiger partial charge on any atom is -0.462 e. The van der Waals surface area contributed by atoms with E-state index in [2.05, 4.69) is 74.6 Å². The van der Waals surface area contributed by atoms with Gasteiger partial charge in [-0.25, -0.2) is 0 Å². The second-order valence-corrected chi connectivity index (χ2v) is 15.1. The van der Waals surface area contributed by atoms with Crippen LogP contribution in [0.25, 0.3) is 0 Å². The van der Waals surface area contributed by atoms with Gasteiger partial charge in [-0.15, -0.1) is 0 Å². The smallest absolute Gasteiger partial charge is 0.306 e. The molecule has 4 N–H and O–H groups in total. The van der Waals surface area contributed by atoms with Crippen molar-refractivity contribution in [3.8, 4) is 0 Å². The Balaban J connectivity index is 2.38. The van der Waals surface area contributed by atoms with E-state index in [0.29, 0.717) is 19.3 Å². The third kappa shape index (κ3) is 29.3. The van der Waals surface area contributed by atoms with Crippen molar-refractivity contribution in [3.63, 3.8) is 0 Å². The molecule has 0 radical (unpaired) electrons. The summed E-state index contributed by atoms with van der Waals surface area (Å²) in [4.78, 5) is 25.3. The van der Waals surface area contributed by atoms with Gasteiger partial charge in [-0.1, -0.05) is 145 Å². The Labute approximate surface area is 345 Å². The van der Waals surface area contributed by atoms with E-state index in [4.69, 9.17) is 18.9 Å². The third-order valence-electron chi connectivity index (χ3n) is 9.89. The van der Waals surface area contributed by atoms with E-state index in [9.17, 15) is 30.0 Å². The summed E-state index contributed by atoms with van der Waals surface area (Å²) in [6.45, 7) is 3.24. The molecule has 10 heteroatoms. The van der Waals surface area contributed by atoms with Gasteiger partial charge in [0.25, 0.3) is 0 Å². The standard InChI is InChI=1S/C47H80O10/c1-3-5-7-9-11-13-15-17-19-20-22-24-26-28-30-32-34-36-43(50)56-40(39-55-47-46(53)45(52)44(51)41(37-48)57-47)38-54-42(49)35-33-31-29-27-25-23-21-18-16-14-12-10-8-6-4-2/h6,8,12,14,18,21-22,24,28,30,40-41,44-48,51-53H,3-5,7,9-11,13,15-17,19-20,23,25-27,29,31-39H2,1-2H3/b8-6+,14-12+,21-18+,24-22+,30-28+/t40-,41-,44+,45?,46?,47-/m1/s1. The van der Waals surface area contributed by atoms with Gasteiger partial charge in [-0.05, 0) is 70.6 Å². The van der Waals surface area contributed by atoms with Gasteiger partial charge in [0.1, 0.15) is 31.0 Å². The minimum atomic E-state index is -1.61. The summed E-state index contributed by atoms with van der Waals surface area (Å²) >= 11 is 0. The van der Waals surface area contributed by atoms with E-state index in [0.717, 1.165) is 64.2 Å². The number of rotatable bonds is 36. The molecule has 1 rings (SSSR count). The van der Waals surface area contributed by atoms with Gasteiger partial charge in [0, 0.05) is 12.8 Å². The number of ether oxygens (including phenoxy) is 4. The number of esters is 2. The number of hydrogen-bond donors (Lipinski definition) is 4. The van der Waals surface area contributed by atoms with Crippen molar-refractivity contribution in [1.29, 1.82) is 0 Å². The molecule has 0 aromatic heterocycles. The quantitative estimate of drug-likeness (QED) is 0.0274. The lowest BCUT2D eigenvalue weighted by atomic mass is 9.99. The van der Waals surface area contributed by atoms with E-state index >= 15 is 0 Å². The summed E-state index contributed by atoms with van der Waals surface area (Å²) in [5.74, 6) is -0.883. The van der Waals surface area contributed by atoms with Gasteiger partial charge in [0.05, 0.1) is 13.2 Å². The fourth-order valence-corrected chi connectivity index (χ4v) is 6.36. The first kappa shape index (κ1) is 52.4. The van der Waals surface area contributed by atoms with E-state index in [1.807, 2.05) is 0 Å². The molecule has 0 aromatic carbocycles. The number of aliphatic hydroxyl groups is 4. The van der Waals surface area contributed by atoms with Crippen LogP contribution in [0.4, 0.5) is 0 Å².